The van der Waals surface area contributed by atoms with Gasteiger partial charge in [-0.15, -0.1) is 16.8 Å². The van der Waals surface area contributed by atoms with Crippen LogP contribution in [0.3, 0.4) is 0 Å². The first kappa shape index (κ1) is 19.8. The Hall–Kier alpha value is -1.99. The van der Waals surface area contributed by atoms with Gasteiger partial charge in [-0.2, -0.15) is 0 Å². The van der Waals surface area contributed by atoms with Gasteiger partial charge in [0.1, 0.15) is 5.82 Å². The molecule has 2 aromatic rings. The smallest absolute Gasteiger partial charge is 0.191 e. The standard InChI is InChI=1S/C20H28N4O2S/c1-5-11-27-20-22-21-19(23(20)2)16-7-6-10-24(14-16)13-15-8-9-17(25-3)18(12-15)26-4/h5,8-9,12,16H,1,6-7,10-11,13-14H2,2-4H3/t16-/m1/s1. The highest BCUT2D eigenvalue weighted by Gasteiger charge is 2.26. The fraction of sp³-hybridized carbons (Fsp3) is 0.500. The van der Waals surface area contributed by atoms with Crippen molar-refractivity contribution in [3.8, 4) is 11.5 Å². The molecule has 27 heavy (non-hydrogen) atoms. The van der Waals surface area contributed by atoms with Crippen LogP contribution in [0.15, 0.2) is 36.0 Å². The third-order valence-electron chi connectivity index (χ3n) is 4.92. The Morgan fingerprint density at radius 2 is 2.07 bits per heavy atom. The zero-order chi connectivity index (χ0) is 19.2. The van der Waals surface area contributed by atoms with Gasteiger partial charge in [-0.1, -0.05) is 23.9 Å². The van der Waals surface area contributed by atoms with Crippen molar-refractivity contribution >= 4 is 11.8 Å². The average molecular weight is 389 g/mol. The van der Waals surface area contributed by atoms with E-state index in [2.05, 4.69) is 45.4 Å². The van der Waals surface area contributed by atoms with E-state index in [1.807, 2.05) is 12.1 Å². The Bertz CT molecular complexity index is 777. The van der Waals surface area contributed by atoms with Gasteiger partial charge in [0.05, 0.1) is 14.2 Å². The summed E-state index contributed by atoms with van der Waals surface area (Å²) in [4.78, 5) is 2.49. The predicted octanol–water partition coefficient (Wildman–Crippen LogP) is 3.49. The topological polar surface area (TPSA) is 52.4 Å². The first-order valence-corrected chi connectivity index (χ1v) is 10.2. The molecule has 7 heteroatoms. The number of ether oxygens (including phenoxy) is 2. The van der Waals surface area contributed by atoms with Crippen LogP contribution >= 0.6 is 11.8 Å². The van der Waals surface area contributed by atoms with Crippen LogP contribution < -0.4 is 9.47 Å². The van der Waals surface area contributed by atoms with Crippen LogP contribution in [-0.2, 0) is 13.6 Å². The van der Waals surface area contributed by atoms with E-state index < -0.39 is 0 Å². The number of hydrogen-bond acceptors (Lipinski definition) is 6. The molecule has 1 fully saturated rings. The number of thioether (sulfide) groups is 1. The molecule has 1 aliphatic heterocycles. The molecule has 1 atom stereocenters. The van der Waals surface area contributed by atoms with Crippen molar-refractivity contribution in [1.29, 1.82) is 0 Å². The van der Waals surface area contributed by atoms with Crippen LogP contribution in [0.4, 0.5) is 0 Å². The molecule has 0 N–H and O–H groups in total. The molecule has 0 radical (unpaired) electrons. The molecule has 146 valence electrons. The van der Waals surface area contributed by atoms with Crippen molar-refractivity contribution in [3.63, 3.8) is 0 Å². The molecule has 0 aliphatic carbocycles. The number of rotatable bonds is 8. The molecule has 1 aromatic heterocycles. The van der Waals surface area contributed by atoms with Crippen molar-refractivity contribution in [1.82, 2.24) is 19.7 Å². The third-order valence-corrected chi connectivity index (χ3v) is 5.94. The summed E-state index contributed by atoms with van der Waals surface area (Å²) in [5, 5.41) is 9.80. The van der Waals surface area contributed by atoms with Crippen molar-refractivity contribution < 1.29 is 9.47 Å². The number of benzene rings is 1. The molecule has 0 unspecified atom stereocenters. The van der Waals surface area contributed by atoms with Crippen LogP contribution in [-0.4, -0.2) is 52.7 Å². The van der Waals surface area contributed by atoms with Crippen LogP contribution in [0.5, 0.6) is 11.5 Å². The minimum Gasteiger partial charge on any atom is -0.493 e. The summed E-state index contributed by atoms with van der Waals surface area (Å²) in [7, 11) is 5.40. The van der Waals surface area contributed by atoms with E-state index >= 15 is 0 Å². The normalized spacial score (nSPS) is 17.7. The monoisotopic (exact) mass is 388 g/mol. The molecule has 6 nitrogen and oxygen atoms in total. The minimum absolute atomic E-state index is 0.412. The Kier molecular flexibility index (Phi) is 6.79. The SMILES string of the molecule is C=CCSc1nnc([C@@H]2CCCN(Cc3ccc(OC)c(OC)c3)C2)n1C. The zero-order valence-electron chi connectivity index (χ0n) is 16.4. The van der Waals surface area contributed by atoms with Gasteiger partial charge in [0.25, 0.3) is 0 Å². The number of nitrogens with zero attached hydrogens (tertiary/aromatic N) is 4. The summed E-state index contributed by atoms with van der Waals surface area (Å²) in [6.07, 6.45) is 4.21. The highest BCUT2D eigenvalue weighted by atomic mass is 32.2. The lowest BCUT2D eigenvalue weighted by Crippen LogP contribution is -2.34. The summed E-state index contributed by atoms with van der Waals surface area (Å²) in [6, 6.07) is 6.15. The molecular formula is C20H28N4O2S. The highest BCUT2D eigenvalue weighted by molar-refractivity contribution is 7.99. The Morgan fingerprint density at radius 3 is 2.81 bits per heavy atom. The summed E-state index contributed by atoms with van der Waals surface area (Å²) < 4.78 is 12.9. The van der Waals surface area contributed by atoms with Gasteiger partial charge in [0.2, 0.25) is 0 Å². The lowest BCUT2D eigenvalue weighted by molar-refractivity contribution is 0.194. The number of piperidine rings is 1. The Morgan fingerprint density at radius 1 is 1.26 bits per heavy atom. The van der Waals surface area contributed by atoms with Gasteiger partial charge in [0, 0.05) is 31.8 Å². The van der Waals surface area contributed by atoms with E-state index in [1.165, 1.54) is 12.0 Å². The van der Waals surface area contributed by atoms with Crippen LogP contribution in [0.1, 0.15) is 30.1 Å². The largest absolute Gasteiger partial charge is 0.493 e. The van der Waals surface area contributed by atoms with Crippen molar-refractivity contribution in [2.45, 2.75) is 30.5 Å². The number of likely N-dealkylation sites (tertiary alicyclic amines) is 1. The van der Waals surface area contributed by atoms with Gasteiger partial charge in [-0.25, -0.2) is 0 Å². The molecule has 1 aliphatic rings. The summed E-state index contributed by atoms with van der Waals surface area (Å²) in [5.74, 6) is 3.89. The maximum Gasteiger partial charge on any atom is 0.191 e. The van der Waals surface area contributed by atoms with E-state index in [4.69, 9.17) is 9.47 Å². The third kappa shape index (κ3) is 4.65. The Labute approximate surface area is 165 Å². The zero-order valence-corrected chi connectivity index (χ0v) is 17.2. The number of hydrogen-bond donors (Lipinski definition) is 0. The minimum atomic E-state index is 0.412. The maximum absolute atomic E-state index is 5.43. The molecule has 0 amide bonds. The molecule has 3 rings (SSSR count). The fourth-order valence-corrected chi connectivity index (χ4v) is 4.24. The molecule has 1 saturated heterocycles. The van der Waals surface area contributed by atoms with Gasteiger partial charge >= 0.3 is 0 Å². The lowest BCUT2D eigenvalue weighted by atomic mass is 9.96. The van der Waals surface area contributed by atoms with Gasteiger partial charge < -0.3 is 14.0 Å². The van der Waals surface area contributed by atoms with Crippen molar-refractivity contribution in [3.05, 3.63) is 42.2 Å². The lowest BCUT2D eigenvalue weighted by Gasteiger charge is -2.32. The highest BCUT2D eigenvalue weighted by Crippen LogP contribution is 2.31. The van der Waals surface area contributed by atoms with Gasteiger partial charge in [-0.05, 0) is 37.1 Å². The Balaban J connectivity index is 1.68. The predicted molar refractivity (Wildman–Crippen MR) is 109 cm³/mol. The molecule has 0 bridgehead atoms. The van der Waals surface area contributed by atoms with Gasteiger partial charge in [-0.3, -0.25) is 4.90 Å². The second kappa shape index (κ2) is 9.28. The average Bonchev–Trinajstić information content (AvgIpc) is 3.06. The maximum atomic E-state index is 5.43. The molecule has 2 heterocycles. The van der Waals surface area contributed by atoms with E-state index in [-0.39, 0.29) is 0 Å². The van der Waals surface area contributed by atoms with E-state index in [0.29, 0.717) is 5.92 Å². The molecule has 0 saturated carbocycles. The first-order valence-electron chi connectivity index (χ1n) is 9.22. The summed E-state index contributed by atoms with van der Waals surface area (Å²) in [5.41, 5.74) is 1.23. The van der Waals surface area contributed by atoms with E-state index in [0.717, 1.165) is 54.3 Å². The molecular weight excluding hydrogens is 360 g/mol. The summed E-state index contributed by atoms with van der Waals surface area (Å²) in [6.45, 7) is 6.76. The van der Waals surface area contributed by atoms with E-state index in [9.17, 15) is 0 Å². The van der Waals surface area contributed by atoms with Crippen molar-refractivity contribution in [2.24, 2.45) is 7.05 Å². The summed E-state index contributed by atoms with van der Waals surface area (Å²) >= 11 is 1.67. The number of aromatic nitrogens is 3. The molecule has 1 aromatic carbocycles. The second-order valence-corrected chi connectivity index (χ2v) is 7.75. The number of methoxy groups -OCH3 is 2. The van der Waals surface area contributed by atoms with Crippen molar-refractivity contribution in [2.75, 3.05) is 33.1 Å². The first-order chi connectivity index (χ1) is 13.2. The van der Waals surface area contributed by atoms with Crippen LogP contribution in [0.2, 0.25) is 0 Å². The van der Waals surface area contributed by atoms with Crippen LogP contribution in [0, 0.1) is 0 Å². The van der Waals surface area contributed by atoms with E-state index in [1.54, 1.807) is 26.0 Å². The second-order valence-electron chi connectivity index (χ2n) is 6.76. The fourth-order valence-electron chi connectivity index (χ4n) is 3.59. The quantitative estimate of drug-likeness (QED) is 0.510. The molecule has 0 spiro atoms. The van der Waals surface area contributed by atoms with Crippen LogP contribution in [0.25, 0.3) is 0 Å². The van der Waals surface area contributed by atoms with Gasteiger partial charge in [0.15, 0.2) is 16.7 Å².